The normalized spacial score (nSPS) is 32.0. The van der Waals surface area contributed by atoms with Gasteiger partial charge in [0.2, 0.25) is 0 Å². The second-order valence-corrected chi connectivity index (χ2v) is 6.38. The van der Waals surface area contributed by atoms with Crippen LogP contribution < -0.4 is 5.32 Å². The number of fused-ring (bicyclic) bond motifs is 1. The van der Waals surface area contributed by atoms with E-state index in [4.69, 9.17) is 0 Å². The third kappa shape index (κ3) is 2.21. The second-order valence-electron chi connectivity index (χ2n) is 6.38. The third-order valence-electron chi connectivity index (χ3n) is 5.22. The molecular formula is C17H25N. The van der Waals surface area contributed by atoms with E-state index >= 15 is 0 Å². The van der Waals surface area contributed by atoms with Crippen LogP contribution in [-0.4, -0.2) is 6.54 Å². The number of benzene rings is 1. The molecule has 1 aromatic carbocycles. The fraction of sp³-hybridized carbons (Fsp3) is 0.647. The van der Waals surface area contributed by atoms with Crippen LogP contribution >= 0.6 is 0 Å². The minimum absolute atomic E-state index is 0.811. The van der Waals surface area contributed by atoms with Gasteiger partial charge in [0.1, 0.15) is 0 Å². The quantitative estimate of drug-likeness (QED) is 0.789. The molecule has 2 aliphatic rings. The van der Waals surface area contributed by atoms with E-state index in [0.717, 1.165) is 30.8 Å². The standard InChI is InChI=1S/C17H25N/c1-12-6-7-15(10-13(12)2)16-5-3-4-14-8-9-18-11-17(14)16/h3-5,12-13,15,18H,6-11H2,1-2H3. The highest BCUT2D eigenvalue weighted by Crippen LogP contribution is 2.41. The van der Waals surface area contributed by atoms with Gasteiger partial charge in [-0.2, -0.15) is 0 Å². The summed E-state index contributed by atoms with van der Waals surface area (Å²) in [7, 11) is 0. The van der Waals surface area contributed by atoms with Crippen LogP contribution in [0.3, 0.4) is 0 Å². The van der Waals surface area contributed by atoms with Gasteiger partial charge in [0.15, 0.2) is 0 Å². The van der Waals surface area contributed by atoms with Crippen molar-refractivity contribution in [3.8, 4) is 0 Å². The number of hydrogen-bond acceptors (Lipinski definition) is 1. The Morgan fingerprint density at radius 3 is 2.83 bits per heavy atom. The Morgan fingerprint density at radius 2 is 2.00 bits per heavy atom. The first-order chi connectivity index (χ1) is 8.75. The van der Waals surface area contributed by atoms with Gasteiger partial charge in [-0.25, -0.2) is 0 Å². The molecule has 1 heterocycles. The summed E-state index contributed by atoms with van der Waals surface area (Å²) in [5.41, 5.74) is 4.87. The van der Waals surface area contributed by atoms with E-state index in [-0.39, 0.29) is 0 Å². The molecule has 0 saturated heterocycles. The van der Waals surface area contributed by atoms with E-state index in [1.54, 1.807) is 16.7 Å². The Balaban J connectivity index is 1.88. The lowest BCUT2D eigenvalue weighted by atomic mass is 9.72. The molecule has 0 radical (unpaired) electrons. The maximum atomic E-state index is 3.54. The Labute approximate surface area is 111 Å². The van der Waals surface area contributed by atoms with Gasteiger partial charge < -0.3 is 5.32 Å². The van der Waals surface area contributed by atoms with Crippen LogP contribution in [0.4, 0.5) is 0 Å². The molecule has 0 amide bonds. The smallest absolute Gasteiger partial charge is 0.0211 e. The summed E-state index contributed by atoms with van der Waals surface area (Å²) in [6.45, 7) is 7.09. The molecule has 1 nitrogen and oxygen atoms in total. The molecule has 0 spiro atoms. The average Bonchev–Trinajstić information content (AvgIpc) is 2.41. The Bertz CT molecular complexity index is 424. The number of nitrogens with one attached hydrogen (secondary N) is 1. The van der Waals surface area contributed by atoms with Gasteiger partial charge >= 0.3 is 0 Å². The van der Waals surface area contributed by atoms with Gasteiger partial charge in [0.05, 0.1) is 0 Å². The molecule has 3 unspecified atom stereocenters. The van der Waals surface area contributed by atoms with Crippen molar-refractivity contribution in [3.63, 3.8) is 0 Å². The molecule has 18 heavy (non-hydrogen) atoms. The van der Waals surface area contributed by atoms with Crippen LogP contribution in [0.5, 0.6) is 0 Å². The maximum Gasteiger partial charge on any atom is 0.0211 e. The lowest BCUT2D eigenvalue weighted by molar-refractivity contribution is 0.249. The first-order valence-electron chi connectivity index (χ1n) is 7.57. The van der Waals surface area contributed by atoms with Crippen molar-refractivity contribution in [1.82, 2.24) is 5.32 Å². The SMILES string of the molecule is CC1CCC(c2cccc3c2CNCC3)CC1C. The fourth-order valence-corrected chi connectivity index (χ4v) is 3.75. The van der Waals surface area contributed by atoms with Crippen molar-refractivity contribution >= 4 is 0 Å². The molecule has 3 atom stereocenters. The zero-order valence-electron chi connectivity index (χ0n) is 11.7. The molecule has 1 N–H and O–H groups in total. The Morgan fingerprint density at radius 1 is 1.11 bits per heavy atom. The summed E-state index contributed by atoms with van der Waals surface area (Å²) in [6, 6.07) is 7.00. The average molecular weight is 243 g/mol. The van der Waals surface area contributed by atoms with Crippen LogP contribution in [-0.2, 0) is 13.0 Å². The summed E-state index contributed by atoms with van der Waals surface area (Å²) in [5.74, 6) is 2.61. The van der Waals surface area contributed by atoms with Crippen molar-refractivity contribution in [2.45, 2.75) is 52.0 Å². The summed E-state index contributed by atoms with van der Waals surface area (Å²) >= 11 is 0. The Kier molecular flexibility index (Phi) is 3.43. The van der Waals surface area contributed by atoms with E-state index in [9.17, 15) is 0 Å². The molecule has 1 saturated carbocycles. The van der Waals surface area contributed by atoms with Gasteiger partial charge in [-0.15, -0.1) is 0 Å². The molecule has 98 valence electrons. The third-order valence-corrected chi connectivity index (χ3v) is 5.22. The molecule has 1 aliphatic carbocycles. The van der Waals surface area contributed by atoms with E-state index in [0.29, 0.717) is 0 Å². The molecule has 1 fully saturated rings. The molecule has 0 aromatic heterocycles. The van der Waals surface area contributed by atoms with Gasteiger partial charge in [0.25, 0.3) is 0 Å². The fourth-order valence-electron chi connectivity index (χ4n) is 3.75. The van der Waals surface area contributed by atoms with Crippen LogP contribution in [0.25, 0.3) is 0 Å². The van der Waals surface area contributed by atoms with E-state index < -0.39 is 0 Å². The summed E-state index contributed by atoms with van der Waals surface area (Å²) in [6.07, 6.45) is 5.39. The van der Waals surface area contributed by atoms with E-state index in [1.165, 1.54) is 25.7 Å². The van der Waals surface area contributed by atoms with Crippen molar-refractivity contribution < 1.29 is 0 Å². The van der Waals surface area contributed by atoms with Gasteiger partial charge in [-0.05, 0) is 66.7 Å². The molecule has 1 aliphatic heterocycles. The maximum absolute atomic E-state index is 3.54. The van der Waals surface area contributed by atoms with Crippen molar-refractivity contribution in [1.29, 1.82) is 0 Å². The van der Waals surface area contributed by atoms with Gasteiger partial charge in [-0.1, -0.05) is 32.0 Å². The summed E-state index contributed by atoms with van der Waals surface area (Å²) in [4.78, 5) is 0. The van der Waals surface area contributed by atoms with Crippen molar-refractivity contribution in [3.05, 3.63) is 34.9 Å². The monoisotopic (exact) mass is 243 g/mol. The van der Waals surface area contributed by atoms with E-state index in [1.807, 2.05) is 0 Å². The van der Waals surface area contributed by atoms with Gasteiger partial charge in [0, 0.05) is 6.54 Å². The summed E-state index contributed by atoms with van der Waals surface area (Å²) < 4.78 is 0. The first kappa shape index (κ1) is 12.2. The minimum Gasteiger partial charge on any atom is -0.312 e. The van der Waals surface area contributed by atoms with Crippen LogP contribution in [0.1, 0.15) is 55.7 Å². The first-order valence-corrected chi connectivity index (χ1v) is 7.57. The highest BCUT2D eigenvalue weighted by atomic mass is 14.9. The van der Waals surface area contributed by atoms with E-state index in [2.05, 4.69) is 37.4 Å². The topological polar surface area (TPSA) is 12.0 Å². The van der Waals surface area contributed by atoms with Crippen LogP contribution in [0.15, 0.2) is 18.2 Å². The predicted molar refractivity (Wildman–Crippen MR) is 76.8 cm³/mol. The molecule has 0 bridgehead atoms. The lowest BCUT2D eigenvalue weighted by Crippen LogP contribution is -2.27. The largest absolute Gasteiger partial charge is 0.312 e. The van der Waals surface area contributed by atoms with Crippen LogP contribution in [0.2, 0.25) is 0 Å². The van der Waals surface area contributed by atoms with Crippen molar-refractivity contribution in [2.24, 2.45) is 11.8 Å². The molecule has 1 heteroatoms. The number of hydrogen-bond donors (Lipinski definition) is 1. The van der Waals surface area contributed by atoms with Crippen molar-refractivity contribution in [2.75, 3.05) is 6.54 Å². The zero-order valence-corrected chi connectivity index (χ0v) is 11.7. The lowest BCUT2D eigenvalue weighted by Gasteiger charge is -2.34. The summed E-state index contributed by atoms with van der Waals surface area (Å²) in [5, 5.41) is 3.54. The van der Waals surface area contributed by atoms with Gasteiger partial charge in [-0.3, -0.25) is 0 Å². The Hall–Kier alpha value is -0.820. The number of rotatable bonds is 1. The molecule has 1 aromatic rings. The zero-order chi connectivity index (χ0) is 12.5. The molecular weight excluding hydrogens is 218 g/mol. The highest BCUT2D eigenvalue weighted by molar-refractivity contribution is 5.39. The highest BCUT2D eigenvalue weighted by Gasteiger charge is 2.27. The van der Waals surface area contributed by atoms with Crippen LogP contribution in [0, 0.1) is 11.8 Å². The predicted octanol–water partition coefficient (Wildman–Crippen LogP) is 3.87. The second kappa shape index (κ2) is 5.05. The molecule has 3 rings (SSSR count). The minimum atomic E-state index is 0.811.